The highest BCUT2D eigenvalue weighted by Crippen LogP contribution is 2.18. The highest BCUT2D eigenvalue weighted by Gasteiger charge is 2.44. The summed E-state index contributed by atoms with van der Waals surface area (Å²) in [6.07, 6.45) is -5.09. The lowest BCUT2D eigenvalue weighted by Gasteiger charge is -2.11. The number of halogens is 3. The van der Waals surface area contributed by atoms with E-state index in [2.05, 4.69) is 0 Å². The molecule has 0 aliphatic rings. The van der Waals surface area contributed by atoms with Crippen LogP contribution in [0.15, 0.2) is 30.3 Å². The van der Waals surface area contributed by atoms with Gasteiger partial charge in [-0.1, -0.05) is 30.3 Å². The van der Waals surface area contributed by atoms with Gasteiger partial charge in [0, 0.05) is 5.56 Å². The van der Waals surface area contributed by atoms with E-state index in [0.717, 1.165) is 0 Å². The first kappa shape index (κ1) is 15.3. The normalized spacial score (nSPS) is 12.5. The zero-order valence-electron chi connectivity index (χ0n) is 8.49. The summed E-state index contributed by atoms with van der Waals surface area (Å²) in [6.45, 7) is 0. The van der Waals surface area contributed by atoms with Crippen LogP contribution < -0.4 is 5.73 Å². The van der Waals surface area contributed by atoms with Gasteiger partial charge < -0.3 is 11.2 Å². The molecule has 0 aliphatic carbocycles. The van der Waals surface area contributed by atoms with Crippen molar-refractivity contribution in [2.75, 3.05) is 0 Å². The number of hydrogen-bond donors (Lipinski definition) is 1. The lowest BCUT2D eigenvalue weighted by molar-refractivity contribution is -0.171. The van der Waals surface area contributed by atoms with Crippen LogP contribution in [0.3, 0.4) is 0 Å². The molecule has 0 spiro atoms. The molecular weight excluding hydrogens is 239 g/mol. The first-order valence-corrected chi connectivity index (χ1v) is 4.30. The molecule has 94 valence electrons. The van der Waals surface area contributed by atoms with Crippen LogP contribution >= 0.6 is 0 Å². The molecule has 4 N–H and O–H groups in total. The van der Waals surface area contributed by atoms with E-state index in [1.165, 1.54) is 24.3 Å². The third kappa shape index (κ3) is 3.65. The van der Waals surface area contributed by atoms with Crippen LogP contribution in [0.1, 0.15) is 10.4 Å². The van der Waals surface area contributed by atoms with Crippen molar-refractivity contribution in [3.8, 4) is 0 Å². The Morgan fingerprint density at radius 3 is 2.00 bits per heavy atom. The van der Waals surface area contributed by atoms with Gasteiger partial charge >= 0.3 is 6.18 Å². The molecule has 0 radical (unpaired) electrons. The van der Waals surface area contributed by atoms with Gasteiger partial charge in [-0.3, -0.25) is 9.59 Å². The van der Waals surface area contributed by atoms with Crippen LogP contribution in [-0.4, -0.2) is 29.3 Å². The second-order valence-electron chi connectivity index (χ2n) is 3.07. The van der Waals surface area contributed by atoms with Crippen molar-refractivity contribution in [1.29, 1.82) is 0 Å². The van der Waals surface area contributed by atoms with Crippen molar-refractivity contribution in [3.05, 3.63) is 35.9 Å². The molecule has 0 heterocycles. The van der Waals surface area contributed by atoms with E-state index in [9.17, 15) is 22.8 Å². The molecule has 1 atom stereocenters. The molecule has 0 bridgehead atoms. The Hall–Kier alpha value is -1.73. The Balaban J connectivity index is 0.00000256. The zero-order chi connectivity index (χ0) is 12.3. The smallest absolute Gasteiger partial charge is 0.412 e. The van der Waals surface area contributed by atoms with Crippen LogP contribution in [0.5, 0.6) is 0 Å². The number of ketones is 2. The van der Waals surface area contributed by atoms with Crippen molar-refractivity contribution in [2.45, 2.75) is 12.2 Å². The summed E-state index contributed by atoms with van der Waals surface area (Å²) in [5.74, 6) is -3.27. The van der Waals surface area contributed by atoms with Crippen molar-refractivity contribution in [3.63, 3.8) is 0 Å². The summed E-state index contributed by atoms with van der Waals surface area (Å²) in [5.41, 5.74) is 4.94. The third-order valence-corrected chi connectivity index (χ3v) is 1.90. The quantitative estimate of drug-likeness (QED) is 0.624. The van der Waals surface area contributed by atoms with Gasteiger partial charge in [-0.2, -0.15) is 13.2 Å². The average molecular weight is 249 g/mol. The third-order valence-electron chi connectivity index (χ3n) is 1.90. The topological polar surface area (TPSA) is 91.7 Å². The van der Waals surface area contributed by atoms with E-state index in [-0.39, 0.29) is 11.0 Å². The molecule has 1 unspecified atom stereocenters. The molecule has 0 amide bonds. The number of carbonyl (C=O) groups is 2. The number of nitrogens with two attached hydrogens (primary N) is 1. The molecular formula is C10H10F3NO3. The van der Waals surface area contributed by atoms with Crippen molar-refractivity contribution >= 4 is 11.6 Å². The molecule has 1 aromatic carbocycles. The predicted molar refractivity (Wildman–Crippen MR) is 53.4 cm³/mol. The zero-order valence-corrected chi connectivity index (χ0v) is 8.49. The van der Waals surface area contributed by atoms with Gasteiger partial charge in [0.15, 0.2) is 5.78 Å². The van der Waals surface area contributed by atoms with Gasteiger partial charge in [-0.15, -0.1) is 0 Å². The van der Waals surface area contributed by atoms with Crippen LogP contribution in [-0.2, 0) is 4.79 Å². The minimum Gasteiger partial charge on any atom is -0.412 e. The van der Waals surface area contributed by atoms with E-state index < -0.39 is 23.8 Å². The molecule has 0 saturated carbocycles. The van der Waals surface area contributed by atoms with Crippen molar-refractivity contribution in [2.24, 2.45) is 5.73 Å². The Morgan fingerprint density at radius 2 is 1.59 bits per heavy atom. The summed E-state index contributed by atoms with van der Waals surface area (Å²) in [6, 6.07) is 4.93. The van der Waals surface area contributed by atoms with Crippen molar-refractivity contribution < 1.29 is 28.2 Å². The van der Waals surface area contributed by atoms with E-state index >= 15 is 0 Å². The van der Waals surface area contributed by atoms with E-state index in [0.29, 0.717) is 0 Å². The summed E-state index contributed by atoms with van der Waals surface area (Å²) < 4.78 is 36.0. The molecule has 17 heavy (non-hydrogen) atoms. The molecule has 0 fully saturated rings. The lowest BCUT2D eigenvalue weighted by Crippen LogP contribution is -2.45. The summed E-state index contributed by atoms with van der Waals surface area (Å²) >= 11 is 0. The Kier molecular flexibility index (Phi) is 4.99. The monoisotopic (exact) mass is 249 g/mol. The highest BCUT2D eigenvalue weighted by molar-refractivity contribution is 6.15. The fourth-order valence-electron chi connectivity index (χ4n) is 1.08. The first-order valence-electron chi connectivity index (χ1n) is 4.30. The van der Waals surface area contributed by atoms with Crippen LogP contribution in [0.2, 0.25) is 0 Å². The summed E-state index contributed by atoms with van der Waals surface area (Å²) in [7, 11) is 0. The van der Waals surface area contributed by atoms with E-state index in [4.69, 9.17) is 5.73 Å². The molecule has 1 aromatic rings. The first-order chi connectivity index (χ1) is 7.34. The molecule has 0 saturated heterocycles. The molecule has 7 heteroatoms. The van der Waals surface area contributed by atoms with Gasteiger partial charge in [0.05, 0.1) is 0 Å². The fourth-order valence-corrected chi connectivity index (χ4v) is 1.08. The maximum Gasteiger partial charge on any atom is 0.452 e. The fraction of sp³-hybridized carbons (Fsp3) is 0.200. The van der Waals surface area contributed by atoms with Gasteiger partial charge in [0.25, 0.3) is 5.78 Å². The standard InChI is InChI=1S/C10H8F3NO2.H2O/c11-10(12,13)9(16)7(14)8(15)6-4-2-1-3-5-6;/h1-5,7H,14H2;1H2. The Bertz CT molecular complexity index is 403. The number of alkyl halides is 3. The summed E-state index contributed by atoms with van der Waals surface area (Å²) in [5, 5.41) is 0. The maximum atomic E-state index is 12.0. The number of Topliss-reactive ketones (excluding diaryl/α,β-unsaturated/α-hetero) is 2. The largest absolute Gasteiger partial charge is 0.452 e. The van der Waals surface area contributed by atoms with Gasteiger partial charge in [0.2, 0.25) is 0 Å². The maximum absolute atomic E-state index is 12.0. The second kappa shape index (κ2) is 5.55. The van der Waals surface area contributed by atoms with Crippen molar-refractivity contribution in [1.82, 2.24) is 0 Å². The Labute approximate surface area is 94.5 Å². The summed E-state index contributed by atoms with van der Waals surface area (Å²) in [4.78, 5) is 22.1. The minimum atomic E-state index is -5.09. The molecule has 1 rings (SSSR count). The Morgan fingerprint density at radius 1 is 1.12 bits per heavy atom. The SMILES string of the molecule is NC(C(=O)c1ccccc1)C(=O)C(F)(F)F.O. The minimum absolute atomic E-state index is 0. The van der Waals surface area contributed by atoms with Crippen LogP contribution in [0, 0.1) is 0 Å². The van der Waals surface area contributed by atoms with Crippen LogP contribution in [0.25, 0.3) is 0 Å². The number of hydrogen-bond acceptors (Lipinski definition) is 3. The lowest BCUT2D eigenvalue weighted by atomic mass is 10.0. The second-order valence-corrected chi connectivity index (χ2v) is 3.07. The van der Waals surface area contributed by atoms with E-state index in [1.807, 2.05) is 0 Å². The molecule has 0 aliphatic heterocycles. The van der Waals surface area contributed by atoms with Gasteiger partial charge in [-0.25, -0.2) is 0 Å². The number of rotatable bonds is 3. The molecule has 4 nitrogen and oxygen atoms in total. The number of benzene rings is 1. The average Bonchev–Trinajstić information content (AvgIpc) is 2.26. The highest BCUT2D eigenvalue weighted by atomic mass is 19.4. The van der Waals surface area contributed by atoms with Crippen LogP contribution in [0.4, 0.5) is 13.2 Å². The number of carbonyl (C=O) groups excluding carboxylic acids is 2. The predicted octanol–water partition coefficient (Wildman–Crippen LogP) is 0.503. The molecule has 0 aromatic heterocycles. The van der Waals surface area contributed by atoms with E-state index in [1.54, 1.807) is 6.07 Å². The van der Waals surface area contributed by atoms with Gasteiger partial charge in [-0.05, 0) is 0 Å². The van der Waals surface area contributed by atoms with Gasteiger partial charge in [0.1, 0.15) is 6.04 Å².